The Morgan fingerprint density at radius 1 is 1.07 bits per heavy atom. The molecule has 0 spiro atoms. The molecule has 11 heteroatoms. The van der Waals surface area contributed by atoms with Gasteiger partial charge in [-0.3, -0.25) is 9.59 Å². The third-order valence-corrected chi connectivity index (χ3v) is 5.13. The van der Waals surface area contributed by atoms with E-state index in [0.29, 0.717) is 6.42 Å². The smallest absolute Gasteiger partial charge is 0.312 e. The summed E-state index contributed by atoms with van der Waals surface area (Å²) in [5.41, 5.74) is 5.00. The van der Waals surface area contributed by atoms with Gasteiger partial charge in [0.05, 0.1) is 11.8 Å². The Hall–Kier alpha value is -1.88. The summed E-state index contributed by atoms with van der Waals surface area (Å²) in [7, 11) is -1.53. The average molecular weight is 408 g/mol. The Balaban J connectivity index is 4.91. The lowest BCUT2D eigenvalue weighted by atomic mass is 9.98. The molecule has 0 heterocycles. The second-order valence-electron chi connectivity index (χ2n) is 6.57. The number of amides is 4. The Kier molecular flexibility index (Phi) is 11.6. The number of carbonyl (C=O) groups is 3. The van der Waals surface area contributed by atoms with Crippen molar-refractivity contribution in [3.63, 3.8) is 0 Å². The molecule has 0 aromatic heterocycles. The monoisotopic (exact) mass is 407 g/mol. The third-order valence-electron chi connectivity index (χ3n) is 4.18. The predicted molar refractivity (Wildman–Crippen MR) is 104 cm³/mol. The molecule has 0 aliphatic rings. The number of nitrogens with one attached hydrogen (secondary N) is 4. The van der Waals surface area contributed by atoms with E-state index >= 15 is 0 Å². The third kappa shape index (κ3) is 11.4. The molecule has 4 amide bonds. The molecule has 0 aliphatic heterocycles. The second kappa shape index (κ2) is 12.5. The van der Waals surface area contributed by atoms with Crippen LogP contribution in [0.15, 0.2) is 0 Å². The Morgan fingerprint density at radius 3 is 2.19 bits per heavy atom. The van der Waals surface area contributed by atoms with Crippen LogP contribution in [0, 0.1) is 5.92 Å². The first-order chi connectivity index (χ1) is 12.5. The first kappa shape index (κ1) is 25.1. The van der Waals surface area contributed by atoms with Crippen molar-refractivity contribution in [2.24, 2.45) is 11.7 Å². The van der Waals surface area contributed by atoms with Gasteiger partial charge in [-0.2, -0.15) is 0 Å². The minimum absolute atomic E-state index is 0.0373. The molecule has 158 valence electrons. The minimum atomic E-state index is -3.20. The lowest BCUT2D eigenvalue weighted by Crippen LogP contribution is -2.54. The highest BCUT2D eigenvalue weighted by atomic mass is 32.2. The van der Waals surface area contributed by atoms with Crippen LogP contribution in [0.2, 0.25) is 0 Å². The van der Waals surface area contributed by atoms with E-state index in [9.17, 15) is 22.8 Å². The molecule has 10 nitrogen and oxygen atoms in total. The number of hydrogen-bond donors (Lipinski definition) is 5. The summed E-state index contributed by atoms with van der Waals surface area (Å²) in [6, 6.07) is -1.96. The van der Waals surface area contributed by atoms with E-state index in [1.165, 1.54) is 0 Å². The topological polar surface area (TPSA) is 159 Å². The first-order valence-corrected chi connectivity index (χ1v) is 11.0. The van der Waals surface area contributed by atoms with Gasteiger partial charge in [0.2, 0.25) is 11.8 Å². The van der Waals surface area contributed by atoms with Crippen molar-refractivity contribution in [1.82, 2.24) is 21.3 Å². The molecule has 0 radical (unpaired) electrons. The van der Waals surface area contributed by atoms with Crippen LogP contribution in [-0.2, 0) is 19.4 Å². The summed E-state index contributed by atoms with van der Waals surface area (Å²) in [6.45, 7) is 4.12. The molecule has 0 aromatic carbocycles. The van der Waals surface area contributed by atoms with Crippen LogP contribution in [-0.4, -0.2) is 70.5 Å². The maximum atomic E-state index is 12.5. The molecular formula is C16H33N5O5S. The number of hydrogen-bond acceptors (Lipinski definition) is 6. The number of carbonyl (C=O) groups excluding carboxylic acids is 3. The molecule has 0 fully saturated rings. The van der Waals surface area contributed by atoms with Gasteiger partial charge in [-0.25, -0.2) is 13.2 Å². The van der Waals surface area contributed by atoms with Gasteiger partial charge in [0.1, 0.15) is 15.9 Å². The van der Waals surface area contributed by atoms with Crippen molar-refractivity contribution in [3.8, 4) is 0 Å². The van der Waals surface area contributed by atoms with E-state index in [1.807, 2.05) is 13.8 Å². The standard InChI is InChI=1S/C16H33N5O5S/c1-5-11(2)13(18-3)15(23)21-12(7-6-8-20-16(17)24)14(22)19-9-10-27(4,25)26/h11-13,18H,5-10H2,1-4H3,(H,19,22)(H,21,23)(H3,17,20,24)/t11?,12-,13-/m0/s1. The van der Waals surface area contributed by atoms with E-state index in [2.05, 4.69) is 21.3 Å². The molecule has 0 saturated carbocycles. The van der Waals surface area contributed by atoms with Crippen molar-refractivity contribution in [1.29, 1.82) is 0 Å². The summed E-state index contributed by atoms with van der Waals surface area (Å²) in [5.74, 6) is -0.891. The largest absolute Gasteiger partial charge is 0.353 e. The average Bonchev–Trinajstić information content (AvgIpc) is 2.56. The van der Waals surface area contributed by atoms with Crippen LogP contribution in [0.4, 0.5) is 4.79 Å². The van der Waals surface area contributed by atoms with Crippen LogP contribution in [0.25, 0.3) is 0 Å². The van der Waals surface area contributed by atoms with Gasteiger partial charge in [-0.1, -0.05) is 20.3 Å². The van der Waals surface area contributed by atoms with Gasteiger partial charge >= 0.3 is 6.03 Å². The van der Waals surface area contributed by atoms with Crippen LogP contribution in [0.5, 0.6) is 0 Å². The number of rotatable bonds is 13. The summed E-state index contributed by atoms with van der Waals surface area (Å²) in [6.07, 6.45) is 2.55. The molecule has 0 saturated heterocycles. The Labute approximate surface area is 161 Å². The SMILES string of the molecule is CCC(C)[C@H](NC)C(=O)N[C@@H](CCCNC(N)=O)C(=O)NCCS(C)(=O)=O. The normalized spacial score (nSPS) is 14.7. The highest BCUT2D eigenvalue weighted by Crippen LogP contribution is 2.08. The van der Waals surface area contributed by atoms with Crippen LogP contribution < -0.4 is 27.0 Å². The minimum Gasteiger partial charge on any atom is -0.353 e. The quantitative estimate of drug-likeness (QED) is 0.239. The van der Waals surface area contributed by atoms with Crippen LogP contribution in [0.3, 0.4) is 0 Å². The lowest BCUT2D eigenvalue weighted by molar-refractivity contribution is -0.130. The number of nitrogens with two attached hydrogens (primary N) is 1. The summed E-state index contributed by atoms with van der Waals surface area (Å²) in [4.78, 5) is 35.6. The zero-order valence-corrected chi connectivity index (χ0v) is 17.3. The first-order valence-electron chi connectivity index (χ1n) is 8.98. The molecule has 1 unspecified atom stereocenters. The molecule has 0 bridgehead atoms. The Morgan fingerprint density at radius 2 is 1.70 bits per heavy atom. The van der Waals surface area contributed by atoms with E-state index in [0.717, 1.165) is 12.7 Å². The fourth-order valence-electron chi connectivity index (χ4n) is 2.44. The second-order valence-corrected chi connectivity index (χ2v) is 8.83. The van der Waals surface area contributed by atoms with Gasteiger partial charge in [0.25, 0.3) is 0 Å². The van der Waals surface area contributed by atoms with E-state index in [-0.39, 0.29) is 37.1 Å². The van der Waals surface area contributed by atoms with Crippen molar-refractivity contribution >= 4 is 27.7 Å². The zero-order valence-electron chi connectivity index (χ0n) is 16.5. The van der Waals surface area contributed by atoms with Crippen molar-refractivity contribution < 1.29 is 22.8 Å². The molecule has 0 rings (SSSR count). The molecular weight excluding hydrogens is 374 g/mol. The summed E-state index contributed by atoms with van der Waals surface area (Å²) >= 11 is 0. The molecule has 0 aromatic rings. The fourth-order valence-corrected chi connectivity index (χ4v) is 2.91. The Bertz CT molecular complexity index is 596. The molecule has 27 heavy (non-hydrogen) atoms. The molecule has 0 aliphatic carbocycles. The van der Waals surface area contributed by atoms with Crippen molar-refractivity contribution in [3.05, 3.63) is 0 Å². The fraction of sp³-hybridized carbons (Fsp3) is 0.812. The van der Waals surface area contributed by atoms with Crippen LogP contribution in [0.1, 0.15) is 33.1 Å². The van der Waals surface area contributed by atoms with E-state index in [1.54, 1.807) is 7.05 Å². The highest BCUT2D eigenvalue weighted by molar-refractivity contribution is 7.90. The predicted octanol–water partition coefficient (Wildman–Crippen LogP) is -1.29. The van der Waals surface area contributed by atoms with Gasteiger partial charge in [0, 0.05) is 19.3 Å². The van der Waals surface area contributed by atoms with Gasteiger partial charge < -0.3 is 27.0 Å². The van der Waals surface area contributed by atoms with Crippen LogP contribution >= 0.6 is 0 Å². The molecule has 6 N–H and O–H groups in total. The summed E-state index contributed by atoms with van der Waals surface area (Å²) < 4.78 is 22.4. The maximum absolute atomic E-state index is 12.5. The van der Waals surface area contributed by atoms with Gasteiger partial charge in [-0.15, -0.1) is 0 Å². The maximum Gasteiger partial charge on any atom is 0.312 e. The van der Waals surface area contributed by atoms with E-state index < -0.39 is 33.9 Å². The molecule has 3 atom stereocenters. The van der Waals surface area contributed by atoms with E-state index in [4.69, 9.17) is 5.73 Å². The number of primary amides is 1. The van der Waals surface area contributed by atoms with Gasteiger partial charge in [0.15, 0.2) is 0 Å². The van der Waals surface area contributed by atoms with Crippen molar-refractivity contribution in [2.75, 3.05) is 32.1 Å². The lowest BCUT2D eigenvalue weighted by Gasteiger charge is -2.25. The number of sulfone groups is 1. The van der Waals surface area contributed by atoms with Gasteiger partial charge in [-0.05, 0) is 25.8 Å². The number of urea groups is 1. The highest BCUT2D eigenvalue weighted by Gasteiger charge is 2.27. The van der Waals surface area contributed by atoms with Crippen molar-refractivity contribution in [2.45, 2.75) is 45.2 Å². The zero-order chi connectivity index (χ0) is 21.0. The number of likely N-dealkylation sites (N-methyl/N-ethyl adjacent to an activating group) is 1. The summed E-state index contributed by atoms with van der Waals surface area (Å²) in [5, 5.41) is 10.6.